The van der Waals surface area contributed by atoms with Crippen molar-refractivity contribution < 1.29 is 14.3 Å². The summed E-state index contributed by atoms with van der Waals surface area (Å²) in [5, 5.41) is 13.7. The average molecular weight is 465 g/mol. The molecule has 0 bridgehead atoms. The molecule has 0 atom stereocenters. The number of carboxylic acids is 1. The van der Waals surface area contributed by atoms with Gasteiger partial charge in [-0.15, -0.1) is 0 Å². The summed E-state index contributed by atoms with van der Waals surface area (Å²) in [6.07, 6.45) is 4.95. The number of H-pyrrole nitrogens is 1. The van der Waals surface area contributed by atoms with E-state index in [0.717, 1.165) is 31.4 Å². The fraction of sp³-hybridized carbons (Fsp3) is 0.308. The number of aromatic nitrogens is 2. The number of nitrogens with zero attached hydrogens (tertiary/aromatic N) is 2. The number of unbranched alkanes of at least 4 members (excludes halogenated alkanes) is 2. The fourth-order valence-corrected chi connectivity index (χ4v) is 4.43. The van der Waals surface area contributed by atoms with E-state index in [-0.39, 0.29) is 16.9 Å². The number of anilines is 1. The number of nitrogens with one attached hydrogen (secondary N) is 2. The smallest absolute Gasteiger partial charge is 0.335 e. The second-order valence-corrected chi connectivity index (χ2v) is 8.62. The molecule has 0 fully saturated rings. The molecule has 178 valence electrons. The molecule has 34 heavy (non-hydrogen) atoms. The van der Waals surface area contributed by atoms with E-state index >= 15 is 0 Å². The molecule has 0 saturated carbocycles. The molecule has 3 N–H and O–H groups in total. The van der Waals surface area contributed by atoms with Crippen molar-refractivity contribution in [3.05, 3.63) is 69.9 Å². The van der Waals surface area contributed by atoms with Gasteiger partial charge in [0.15, 0.2) is 0 Å². The third-order valence-electron chi connectivity index (χ3n) is 6.17. The van der Waals surface area contributed by atoms with Crippen LogP contribution in [0.3, 0.4) is 0 Å². The van der Waals surface area contributed by atoms with E-state index in [1.54, 1.807) is 31.4 Å². The number of carbonyl (C=O) groups is 1. The van der Waals surface area contributed by atoms with E-state index in [9.17, 15) is 19.1 Å². The Morgan fingerprint density at radius 2 is 1.94 bits per heavy atom. The number of halogens is 1. The lowest BCUT2D eigenvalue weighted by Crippen LogP contribution is -2.23. The van der Waals surface area contributed by atoms with Crippen molar-refractivity contribution in [1.29, 1.82) is 0 Å². The van der Waals surface area contributed by atoms with Gasteiger partial charge < -0.3 is 20.3 Å². The van der Waals surface area contributed by atoms with E-state index in [2.05, 4.69) is 22.1 Å². The summed E-state index contributed by atoms with van der Waals surface area (Å²) in [7, 11) is 3.69. The maximum atomic E-state index is 14.1. The molecular weight excluding hydrogens is 435 g/mol. The van der Waals surface area contributed by atoms with Crippen LogP contribution in [0.5, 0.6) is 0 Å². The van der Waals surface area contributed by atoms with Gasteiger partial charge in [0.05, 0.1) is 22.5 Å². The SMILES string of the molecule is CCCCCN(C)Cc1cc(C(=O)O)ccc1-n1ccc2c([nH]c3c(NC)cc(F)cc32)c1=O. The van der Waals surface area contributed by atoms with Gasteiger partial charge in [-0.05, 0) is 62.0 Å². The molecule has 2 aromatic heterocycles. The van der Waals surface area contributed by atoms with Gasteiger partial charge in [-0.3, -0.25) is 9.36 Å². The van der Waals surface area contributed by atoms with E-state index in [1.807, 2.05) is 7.05 Å². The summed E-state index contributed by atoms with van der Waals surface area (Å²) in [5.74, 6) is -1.40. The van der Waals surface area contributed by atoms with Crippen LogP contribution in [-0.4, -0.2) is 46.2 Å². The molecule has 0 spiro atoms. The van der Waals surface area contributed by atoms with Crippen molar-refractivity contribution in [3.63, 3.8) is 0 Å². The van der Waals surface area contributed by atoms with Crippen molar-refractivity contribution >= 4 is 33.5 Å². The van der Waals surface area contributed by atoms with Crippen LogP contribution >= 0.6 is 0 Å². The van der Waals surface area contributed by atoms with Gasteiger partial charge in [-0.1, -0.05) is 19.8 Å². The summed E-state index contributed by atoms with van der Waals surface area (Å²) < 4.78 is 15.7. The zero-order valence-electron chi connectivity index (χ0n) is 19.6. The molecule has 0 radical (unpaired) electrons. The quantitative estimate of drug-likeness (QED) is 0.304. The molecule has 4 rings (SSSR count). The first-order chi connectivity index (χ1) is 16.3. The molecule has 0 amide bonds. The van der Waals surface area contributed by atoms with Crippen LogP contribution in [0.2, 0.25) is 0 Å². The Morgan fingerprint density at radius 1 is 1.15 bits per heavy atom. The number of rotatable bonds is 9. The molecule has 0 unspecified atom stereocenters. The first-order valence-corrected chi connectivity index (χ1v) is 11.4. The summed E-state index contributed by atoms with van der Waals surface area (Å²) in [5.41, 5.74) is 2.85. The summed E-state index contributed by atoms with van der Waals surface area (Å²) in [6, 6.07) is 9.39. The van der Waals surface area contributed by atoms with E-state index < -0.39 is 5.97 Å². The third-order valence-corrected chi connectivity index (χ3v) is 6.17. The number of hydrogen-bond donors (Lipinski definition) is 3. The lowest BCUT2D eigenvalue weighted by molar-refractivity contribution is 0.0696. The molecular formula is C26H29FN4O3. The van der Waals surface area contributed by atoms with Crippen LogP contribution in [-0.2, 0) is 6.54 Å². The molecule has 7 nitrogen and oxygen atoms in total. The fourth-order valence-electron chi connectivity index (χ4n) is 4.43. The van der Waals surface area contributed by atoms with Gasteiger partial charge >= 0.3 is 5.97 Å². The van der Waals surface area contributed by atoms with Gasteiger partial charge in [0.2, 0.25) is 0 Å². The number of fused-ring (bicyclic) bond motifs is 3. The second kappa shape index (κ2) is 9.69. The standard InChI is InChI=1S/C26H29FN4O3/c1-4-5-6-10-30(3)15-17-12-16(26(33)34)7-8-22(17)31-11-9-19-20-13-18(27)14-21(28-2)23(20)29-24(19)25(31)32/h7-9,11-14,28-29H,4-6,10,15H2,1-3H3,(H,33,34). The first-order valence-electron chi connectivity index (χ1n) is 11.4. The maximum Gasteiger partial charge on any atom is 0.335 e. The Bertz CT molecular complexity index is 1420. The number of hydrogen-bond acceptors (Lipinski definition) is 4. The van der Waals surface area contributed by atoms with Crippen LogP contribution in [0, 0.1) is 5.82 Å². The normalized spacial score (nSPS) is 11.6. The third kappa shape index (κ3) is 4.41. The first kappa shape index (κ1) is 23.5. The highest BCUT2D eigenvalue weighted by molar-refractivity contribution is 6.10. The highest BCUT2D eigenvalue weighted by Gasteiger charge is 2.17. The monoisotopic (exact) mass is 464 g/mol. The van der Waals surface area contributed by atoms with Crippen LogP contribution < -0.4 is 10.9 Å². The van der Waals surface area contributed by atoms with Crippen LogP contribution in [0.1, 0.15) is 42.1 Å². The number of aromatic amines is 1. The van der Waals surface area contributed by atoms with Crippen molar-refractivity contribution in [2.45, 2.75) is 32.7 Å². The van der Waals surface area contributed by atoms with E-state index in [4.69, 9.17) is 0 Å². The van der Waals surface area contributed by atoms with Crippen LogP contribution in [0.15, 0.2) is 47.4 Å². The van der Waals surface area contributed by atoms with Gasteiger partial charge in [0.1, 0.15) is 11.3 Å². The zero-order chi connectivity index (χ0) is 24.4. The maximum absolute atomic E-state index is 14.1. The Hall–Kier alpha value is -3.65. The molecule has 8 heteroatoms. The minimum absolute atomic E-state index is 0.176. The number of carboxylic acid groups (broad SMARTS) is 1. The summed E-state index contributed by atoms with van der Waals surface area (Å²) in [4.78, 5) is 30.4. The predicted molar refractivity (Wildman–Crippen MR) is 134 cm³/mol. The molecule has 0 aliphatic rings. The van der Waals surface area contributed by atoms with E-state index in [0.29, 0.717) is 39.7 Å². The highest BCUT2D eigenvalue weighted by Crippen LogP contribution is 2.30. The molecule has 2 heterocycles. The number of benzene rings is 2. The zero-order valence-corrected chi connectivity index (χ0v) is 19.6. The van der Waals surface area contributed by atoms with Crippen molar-refractivity contribution in [2.24, 2.45) is 0 Å². The van der Waals surface area contributed by atoms with E-state index in [1.165, 1.54) is 22.8 Å². The topological polar surface area (TPSA) is 90.4 Å². The molecule has 0 saturated heterocycles. The van der Waals surface area contributed by atoms with Crippen LogP contribution in [0.25, 0.3) is 27.5 Å². The van der Waals surface area contributed by atoms with Crippen molar-refractivity contribution in [1.82, 2.24) is 14.5 Å². The number of pyridine rings is 1. The Labute approximate surface area is 196 Å². The average Bonchev–Trinajstić information content (AvgIpc) is 3.18. The highest BCUT2D eigenvalue weighted by atomic mass is 19.1. The minimum Gasteiger partial charge on any atom is -0.478 e. The Morgan fingerprint density at radius 3 is 2.65 bits per heavy atom. The van der Waals surface area contributed by atoms with Gasteiger partial charge in [0.25, 0.3) is 5.56 Å². The van der Waals surface area contributed by atoms with Gasteiger partial charge in [-0.25, -0.2) is 9.18 Å². The van der Waals surface area contributed by atoms with Gasteiger partial charge in [-0.2, -0.15) is 0 Å². The molecule has 0 aliphatic carbocycles. The summed E-state index contributed by atoms with van der Waals surface area (Å²) in [6.45, 7) is 3.53. The van der Waals surface area contributed by atoms with Gasteiger partial charge in [0, 0.05) is 30.6 Å². The van der Waals surface area contributed by atoms with Crippen molar-refractivity contribution in [3.8, 4) is 5.69 Å². The minimum atomic E-state index is -1.01. The lowest BCUT2D eigenvalue weighted by Gasteiger charge is -2.20. The van der Waals surface area contributed by atoms with Crippen LogP contribution in [0.4, 0.5) is 10.1 Å². The Kier molecular flexibility index (Phi) is 6.70. The molecule has 4 aromatic rings. The summed E-state index contributed by atoms with van der Waals surface area (Å²) >= 11 is 0. The lowest BCUT2D eigenvalue weighted by atomic mass is 10.1. The Balaban J connectivity index is 1.84. The van der Waals surface area contributed by atoms with Crippen molar-refractivity contribution in [2.75, 3.05) is 26.0 Å². The predicted octanol–water partition coefficient (Wildman–Crippen LogP) is 4.97. The number of aromatic carboxylic acids is 1. The largest absolute Gasteiger partial charge is 0.478 e. The molecule has 2 aromatic carbocycles. The second-order valence-electron chi connectivity index (χ2n) is 8.62. The molecule has 0 aliphatic heterocycles.